The Morgan fingerprint density at radius 2 is 1.94 bits per heavy atom. The standard InChI is InChI=1S/C13H13FN2S/c14-11-3-5-12(6-4-11)17-13-10(7-8-15)2-1-9-16-13/h1-6,9H,7-8,15H2. The summed E-state index contributed by atoms with van der Waals surface area (Å²) in [5, 5.41) is 0.935. The number of pyridine rings is 1. The van der Waals surface area contributed by atoms with Gasteiger partial charge in [-0.05, 0) is 48.9 Å². The first-order valence-electron chi connectivity index (χ1n) is 5.37. The van der Waals surface area contributed by atoms with Crippen molar-refractivity contribution in [2.24, 2.45) is 5.73 Å². The van der Waals surface area contributed by atoms with Gasteiger partial charge in [0.15, 0.2) is 0 Å². The maximum atomic E-state index is 12.8. The predicted molar refractivity (Wildman–Crippen MR) is 67.5 cm³/mol. The van der Waals surface area contributed by atoms with Crippen molar-refractivity contribution in [1.82, 2.24) is 4.98 Å². The Morgan fingerprint density at radius 1 is 1.18 bits per heavy atom. The lowest BCUT2D eigenvalue weighted by atomic mass is 10.2. The summed E-state index contributed by atoms with van der Waals surface area (Å²) in [6, 6.07) is 10.3. The third kappa shape index (κ3) is 3.28. The molecule has 0 saturated heterocycles. The zero-order valence-corrected chi connectivity index (χ0v) is 10.1. The fourth-order valence-corrected chi connectivity index (χ4v) is 2.39. The maximum Gasteiger partial charge on any atom is 0.123 e. The minimum Gasteiger partial charge on any atom is -0.330 e. The lowest BCUT2D eigenvalue weighted by Crippen LogP contribution is -2.04. The van der Waals surface area contributed by atoms with E-state index in [-0.39, 0.29) is 5.82 Å². The van der Waals surface area contributed by atoms with Crippen LogP contribution in [0.25, 0.3) is 0 Å². The molecular formula is C13H13FN2S. The first-order valence-corrected chi connectivity index (χ1v) is 6.18. The van der Waals surface area contributed by atoms with Crippen molar-refractivity contribution in [1.29, 1.82) is 0 Å². The van der Waals surface area contributed by atoms with Gasteiger partial charge in [-0.15, -0.1) is 0 Å². The molecule has 0 spiro atoms. The second-order valence-electron chi connectivity index (χ2n) is 3.56. The van der Waals surface area contributed by atoms with Crippen molar-refractivity contribution in [2.45, 2.75) is 16.3 Å². The van der Waals surface area contributed by atoms with Gasteiger partial charge in [0.2, 0.25) is 0 Å². The third-order valence-corrected chi connectivity index (χ3v) is 3.36. The first-order chi connectivity index (χ1) is 8.29. The molecule has 17 heavy (non-hydrogen) atoms. The second kappa shape index (κ2) is 5.80. The molecule has 0 bridgehead atoms. The number of benzene rings is 1. The zero-order chi connectivity index (χ0) is 12.1. The molecular weight excluding hydrogens is 235 g/mol. The summed E-state index contributed by atoms with van der Waals surface area (Å²) in [4.78, 5) is 5.30. The van der Waals surface area contributed by atoms with Crippen LogP contribution in [0.4, 0.5) is 4.39 Å². The van der Waals surface area contributed by atoms with Gasteiger partial charge in [0.05, 0.1) is 0 Å². The number of hydrogen-bond donors (Lipinski definition) is 1. The first kappa shape index (κ1) is 12.1. The van der Waals surface area contributed by atoms with E-state index in [2.05, 4.69) is 4.98 Å². The highest BCUT2D eigenvalue weighted by Crippen LogP contribution is 2.28. The van der Waals surface area contributed by atoms with Gasteiger partial charge in [0.25, 0.3) is 0 Å². The molecule has 2 rings (SSSR count). The maximum absolute atomic E-state index is 12.8. The minimum absolute atomic E-state index is 0.224. The van der Waals surface area contributed by atoms with Crippen LogP contribution in [0.2, 0.25) is 0 Å². The van der Waals surface area contributed by atoms with E-state index in [1.807, 2.05) is 12.1 Å². The lowest BCUT2D eigenvalue weighted by molar-refractivity contribution is 0.626. The highest BCUT2D eigenvalue weighted by Gasteiger charge is 2.04. The molecule has 0 fully saturated rings. The largest absolute Gasteiger partial charge is 0.330 e. The van der Waals surface area contributed by atoms with Gasteiger partial charge < -0.3 is 5.73 Å². The van der Waals surface area contributed by atoms with E-state index in [1.54, 1.807) is 18.3 Å². The van der Waals surface area contributed by atoms with Gasteiger partial charge in [-0.3, -0.25) is 0 Å². The molecule has 0 amide bonds. The van der Waals surface area contributed by atoms with Gasteiger partial charge >= 0.3 is 0 Å². The van der Waals surface area contributed by atoms with Crippen LogP contribution in [0.3, 0.4) is 0 Å². The summed E-state index contributed by atoms with van der Waals surface area (Å²) >= 11 is 1.53. The second-order valence-corrected chi connectivity index (χ2v) is 4.62. The molecule has 0 aliphatic carbocycles. The molecule has 0 aliphatic heterocycles. The summed E-state index contributed by atoms with van der Waals surface area (Å²) in [6.07, 6.45) is 2.56. The summed E-state index contributed by atoms with van der Waals surface area (Å²) in [5.41, 5.74) is 6.69. The Bertz CT molecular complexity index is 485. The molecule has 0 radical (unpaired) electrons. The molecule has 2 N–H and O–H groups in total. The summed E-state index contributed by atoms with van der Waals surface area (Å²) < 4.78 is 12.8. The molecule has 0 aliphatic rings. The van der Waals surface area contributed by atoms with E-state index in [0.717, 1.165) is 21.9 Å². The van der Waals surface area contributed by atoms with Crippen LogP contribution in [0.15, 0.2) is 52.5 Å². The average molecular weight is 248 g/mol. The Morgan fingerprint density at radius 3 is 2.65 bits per heavy atom. The SMILES string of the molecule is NCCc1cccnc1Sc1ccc(F)cc1. The van der Waals surface area contributed by atoms with E-state index in [1.165, 1.54) is 23.9 Å². The normalized spacial score (nSPS) is 10.5. The van der Waals surface area contributed by atoms with Crippen LogP contribution in [-0.2, 0) is 6.42 Å². The minimum atomic E-state index is -0.224. The van der Waals surface area contributed by atoms with E-state index < -0.39 is 0 Å². The van der Waals surface area contributed by atoms with Crippen LogP contribution in [-0.4, -0.2) is 11.5 Å². The molecule has 2 aromatic rings. The van der Waals surface area contributed by atoms with Crippen molar-refractivity contribution in [3.05, 3.63) is 54.0 Å². The van der Waals surface area contributed by atoms with Crippen molar-refractivity contribution >= 4 is 11.8 Å². The van der Waals surface area contributed by atoms with Crippen LogP contribution < -0.4 is 5.73 Å². The molecule has 1 aromatic carbocycles. The number of nitrogens with two attached hydrogens (primary N) is 1. The molecule has 1 heterocycles. The number of halogens is 1. The van der Waals surface area contributed by atoms with E-state index in [0.29, 0.717) is 6.54 Å². The van der Waals surface area contributed by atoms with E-state index in [4.69, 9.17) is 5.73 Å². The third-order valence-electron chi connectivity index (χ3n) is 2.29. The molecule has 4 heteroatoms. The smallest absolute Gasteiger partial charge is 0.123 e. The lowest BCUT2D eigenvalue weighted by Gasteiger charge is -2.06. The van der Waals surface area contributed by atoms with Crippen molar-refractivity contribution in [3.63, 3.8) is 0 Å². The van der Waals surface area contributed by atoms with Crippen LogP contribution >= 0.6 is 11.8 Å². The number of aromatic nitrogens is 1. The Hall–Kier alpha value is -1.39. The van der Waals surface area contributed by atoms with Crippen LogP contribution in [0, 0.1) is 5.82 Å². The fourth-order valence-electron chi connectivity index (χ4n) is 1.48. The Labute approximate surface area is 104 Å². The summed E-state index contributed by atoms with van der Waals surface area (Å²) in [5.74, 6) is -0.224. The quantitative estimate of drug-likeness (QED) is 0.904. The Kier molecular flexibility index (Phi) is 4.12. The number of nitrogens with zero attached hydrogens (tertiary/aromatic N) is 1. The molecule has 0 unspecified atom stereocenters. The molecule has 0 atom stereocenters. The molecule has 0 saturated carbocycles. The topological polar surface area (TPSA) is 38.9 Å². The van der Waals surface area contributed by atoms with Gasteiger partial charge in [-0.25, -0.2) is 9.37 Å². The summed E-state index contributed by atoms with van der Waals surface area (Å²) in [6.45, 7) is 0.600. The number of rotatable bonds is 4. The monoisotopic (exact) mass is 248 g/mol. The number of hydrogen-bond acceptors (Lipinski definition) is 3. The molecule has 2 nitrogen and oxygen atoms in total. The Balaban J connectivity index is 2.20. The van der Waals surface area contributed by atoms with Crippen LogP contribution in [0.5, 0.6) is 0 Å². The van der Waals surface area contributed by atoms with E-state index >= 15 is 0 Å². The molecule has 88 valence electrons. The van der Waals surface area contributed by atoms with Crippen molar-refractivity contribution in [3.8, 4) is 0 Å². The van der Waals surface area contributed by atoms with Gasteiger partial charge in [0.1, 0.15) is 10.8 Å². The van der Waals surface area contributed by atoms with Crippen molar-refractivity contribution in [2.75, 3.05) is 6.54 Å². The highest BCUT2D eigenvalue weighted by molar-refractivity contribution is 7.99. The van der Waals surface area contributed by atoms with Gasteiger partial charge in [0, 0.05) is 11.1 Å². The predicted octanol–water partition coefficient (Wildman–Crippen LogP) is 2.87. The van der Waals surface area contributed by atoms with Gasteiger partial charge in [-0.1, -0.05) is 17.8 Å². The zero-order valence-electron chi connectivity index (χ0n) is 9.27. The van der Waals surface area contributed by atoms with Crippen molar-refractivity contribution < 1.29 is 4.39 Å². The fraction of sp³-hybridized carbons (Fsp3) is 0.154. The van der Waals surface area contributed by atoms with E-state index in [9.17, 15) is 4.39 Å². The van der Waals surface area contributed by atoms with Gasteiger partial charge in [-0.2, -0.15) is 0 Å². The highest BCUT2D eigenvalue weighted by atomic mass is 32.2. The summed E-state index contributed by atoms with van der Waals surface area (Å²) in [7, 11) is 0. The van der Waals surface area contributed by atoms with Crippen LogP contribution in [0.1, 0.15) is 5.56 Å². The average Bonchev–Trinajstić information content (AvgIpc) is 2.35. The molecule has 1 aromatic heterocycles.